The van der Waals surface area contributed by atoms with Gasteiger partial charge < -0.3 is 15.0 Å². The molecule has 0 bridgehead atoms. The van der Waals surface area contributed by atoms with E-state index >= 15 is 0 Å². The minimum absolute atomic E-state index is 0.777. The molecule has 0 aliphatic rings. The van der Waals surface area contributed by atoms with Crippen molar-refractivity contribution in [3.8, 4) is 0 Å². The molecule has 1 aromatic rings. The quantitative estimate of drug-likeness (QED) is 0.584. The highest BCUT2D eigenvalue weighted by Gasteiger charge is 2.07. The molecular weight excluding hydrogens is 256 g/mol. The summed E-state index contributed by atoms with van der Waals surface area (Å²) in [7, 11) is 0. The van der Waals surface area contributed by atoms with Gasteiger partial charge in [-0.2, -0.15) is 0 Å². The van der Waals surface area contributed by atoms with Gasteiger partial charge in [0.15, 0.2) is 5.11 Å². The maximum Gasteiger partial charge on any atom is 0.169 e. The van der Waals surface area contributed by atoms with E-state index in [9.17, 15) is 0 Å². The lowest BCUT2D eigenvalue weighted by atomic mass is 10.2. The van der Waals surface area contributed by atoms with Crippen LogP contribution in [0.3, 0.4) is 0 Å². The minimum Gasteiger partial charge on any atom is -0.382 e. The summed E-state index contributed by atoms with van der Waals surface area (Å²) in [4.78, 5) is 2.17. The lowest BCUT2D eigenvalue weighted by molar-refractivity contribution is 0.145. The fraction of sp³-hybridized carbons (Fsp3) is 0.533. The van der Waals surface area contributed by atoms with E-state index in [-0.39, 0.29) is 0 Å². The van der Waals surface area contributed by atoms with Gasteiger partial charge in [0, 0.05) is 32.8 Å². The normalized spacial score (nSPS) is 10.2. The van der Waals surface area contributed by atoms with Gasteiger partial charge in [-0.15, -0.1) is 0 Å². The number of rotatable bonds is 8. The molecule has 0 aromatic heterocycles. The summed E-state index contributed by atoms with van der Waals surface area (Å²) >= 11 is 5.43. The summed E-state index contributed by atoms with van der Waals surface area (Å²) in [5.74, 6) is 0. The molecular formula is C15H24N2OS. The molecule has 19 heavy (non-hydrogen) atoms. The first-order valence-corrected chi connectivity index (χ1v) is 7.33. The first-order valence-electron chi connectivity index (χ1n) is 6.92. The minimum atomic E-state index is 0.777. The number of hydrogen-bond donors (Lipinski definition) is 1. The molecule has 0 heterocycles. The van der Waals surface area contributed by atoms with Gasteiger partial charge in [-0.3, -0.25) is 0 Å². The third-order valence-corrected chi connectivity index (χ3v) is 3.23. The molecule has 3 nitrogen and oxygen atoms in total. The highest BCUT2D eigenvalue weighted by molar-refractivity contribution is 7.80. The Morgan fingerprint density at radius 2 is 2.00 bits per heavy atom. The zero-order chi connectivity index (χ0) is 13.9. The van der Waals surface area contributed by atoms with Crippen LogP contribution in [0.25, 0.3) is 0 Å². The standard InChI is InChI=1S/C15H24N2OS/c1-3-17(13-14-9-6-5-7-10-14)15(19)16-11-8-12-18-4-2/h5-7,9-10H,3-4,8,11-13H2,1-2H3,(H,16,19). The molecule has 1 N–H and O–H groups in total. The Labute approximate surface area is 121 Å². The molecule has 0 unspecified atom stereocenters. The summed E-state index contributed by atoms with van der Waals surface area (Å²) in [6, 6.07) is 10.4. The summed E-state index contributed by atoms with van der Waals surface area (Å²) in [5.41, 5.74) is 1.28. The molecule has 4 heteroatoms. The number of ether oxygens (including phenoxy) is 1. The summed E-state index contributed by atoms with van der Waals surface area (Å²) in [6.45, 7) is 8.33. The van der Waals surface area contributed by atoms with Crippen LogP contribution in [0.2, 0.25) is 0 Å². The summed E-state index contributed by atoms with van der Waals surface area (Å²) in [6.07, 6.45) is 0.983. The lowest BCUT2D eigenvalue weighted by Gasteiger charge is -2.24. The van der Waals surface area contributed by atoms with Crippen LogP contribution in [0.15, 0.2) is 30.3 Å². The first kappa shape index (κ1) is 15.9. The predicted molar refractivity (Wildman–Crippen MR) is 84.2 cm³/mol. The molecule has 0 aliphatic carbocycles. The predicted octanol–water partition coefficient (Wildman–Crippen LogP) is 2.81. The Balaban J connectivity index is 2.31. The maximum absolute atomic E-state index is 5.43. The first-order chi connectivity index (χ1) is 9.27. The second kappa shape index (κ2) is 9.75. The van der Waals surface area contributed by atoms with Gasteiger partial charge in [-0.05, 0) is 38.0 Å². The van der Waals surface area contributed by atoms with Crippen molar-refractivity contribution < 1.29 is 4.74 Å². The number of hydrogen-bond acceptors (Lipinski definition) is 2. The molecule has 0 spiro atoms. The van der Waals surface area contributed by atoms with Gasteiger partial charge in [0.2, 0.25) is 0 Å². The maximum atomic E-state index is 5.43. The Kier molecular flexibility index (Phi) is 8.18. The number of benzene rings is 1. The van der Waals surface area contributed by atoms with Crippen LogP contribution in [0.4, 0.5) is 0 Å². The van der Waals surface area contributed by atoms with Crippen molar-refractivity contribution in [3.05, 3.63) is 35.9 Å². The van der Waals surface area contributed by atoms with Crippen LogP contribution in [0.5, 0.6) is 0 Å². The van der Waals surface area contributed by atoms with Crippen molar-refractivity contribution in [2.45, 2.75) is 26.8 Å². The Hall–Kier alpha value is -1.13. The van der Waals surface area contributed by atoms with Gasteiger partial charge in [0.1, 0.15) is 0 Å². The smallest absolute Gasteiger partial charge is 0.169 e. The highest BCUT2D eigenvalue weighted by atomic mass is 32.1. The molecule has 0 saturated heterocycles. The second-order valence-electron chi connectivity index (χ2n) is 4.28. The summed E-state index contributed by atoms with van der Waals surface area (Å²) in [5, 5.41) is 4.11. The third-order valence-electron chi connectivity index (χ3n) is 2.83. The number of nitrogens with zero attached hydrogens (tertiary/aromatic N) is 1. The molecule has 0 radical (unpaired) electrons. The Morgan fingerprint density at radius 1 is 1.26 bits per heavy atom. The fourth-order valence-electron chi connectivity index (χ4n) is 1.76. The van der Waals surface area contributed by atoms with E-state index < -0.39 is 0 Å². The molecule has 0 aliphatic heterocycles. The van der Waals surface area contributed by atoms with E-state index in [1.54, 1.807) is 0 Å². The van der Waals surface area contributed by atoms with Gasteiger partial charge in [-0.25, -0.2) is 0 Å². The lowest BCUT2D eigenvalue weighted by Crippen LogP contribution is -2.39. The van der Waals surface area contributed by atoms with Crippen LogP contribution >= 0.6 is 12.2 Å². The van der Waals surface area contributed by atoms with E-state index in [0.717, 1.165) is 44.4 Å². The zero-order valence-electron chi connectivity index (χ0n) is 11.9. The van der Waals surface area contributed by atoms with Crippen molar-refractivity contribution in [3.63, 3.8) is 0 Å². The molecule has 0 saturated carbocycles. The van der Waals surface area contributed by atoms with Crippen molar-refractivity contribution >= 4 is 17.3 Å². The van der Waals surface area contributed by atoms with Gasteiger partial charge in [0.05, 0.1) is 0 Å². The van der Waals surface area contributed by atoms with Crippen molar-refractivity contribution in [1.82, 2.24) is 10.2 Å². The average molecular weight is 280 g/mol. The molecule has 0 amide bonds. The SMILES string of the molecule is CCOCCCNC(=S)N(CC)Cc1ccccc1. The van der Waals surface area contributed by atoms with Gasteiger partial charge in [0.25, 0.3) is 0 Å². The molecule has 0 atom stereocenters. The second-order valence-corrected chi connectivity index (χ2v) is 4.67. The molecule has 1 rings (SSSR count). The monoisotopic (exact) mass is 280 g/mol. The van der Waals surface area contributed by atoms with E-state index in [2.05, 4.69) is 41.4 Å². The third kappa shape index (κ3) is 6.55. The van der Waals surface area contributed by atoms with Crippen LogP contribution in [-0.4, -0.2) is 36.3 Å². The van der Waals surface area contributed by atoms with E-state index in [1.807, 2.05) is 13.0 Å². The van der Waals surface area contributed by atoms with Crippen molar-refractivity contribution in [1.29, 1.82) is 0 Å². The highest BCUT2D eigenvalue weighted by Crippen LogP contribution is 2.04. The van der Waals surface area contributed by atoms with Crippen LogP contribution in [-0.2, 0) is 11.3 Å². The van der Waals surface area contributed by atoms with Gasteiger partial charge >= 0.3 is 0 Å². The topological polar surface area (TPSA) is 24.5 Å². The van der Waals surface area contributed by atoms with Crippen molar-refractivity contribution in [2.75, 3.05) is 26.3 Å². The molecule has 1 aromatic carbocycles. The Morgan fingerprint density at radius 3 is 2.63 bits per heavy atom. The van der Waals surface area contributed by atoms with E-state index in [1.165, 1.54) is 5.56 Å². The fourth-order valence-corrected chi connectivity index (χ4v) is 2.05. The largest absolute Gasteiger partial charge is 0.382 e. The average Bonchev–Trinajstić information content (AvgIpc) is 2.45. The Bertz CT molecular complexity index is 356. The van der Waals surface area contributed by atoms with E-state index in [0.29, 0.717) is 0 Å². The number of thiocarbonyl (C=S) groups is 1. The molecule has 106 valence electrons. The van der Waals surface area contributed by atoms with Crippen LogP contribution < -0.4 is 5.32 Å². The summed E-state index contributed by atoms with van der Waals surface area (Å²) < 4.78 is 5.30. The zero-order valence-corrected chi connectivity index (χ0v) is 12.7. The van der Waals surface area contributed by atoms with Crippen molar-refractivity contribution in [2.24, 2.45) is 0 Å². The van der Waals surface area contributed by atoms with Gasteiger partial charge in [-0.1, -0.05) is 30.3 Å². The molecule has 0 fully saturated rings. The van der Waals surface area contributed by atoms with E-state index in [4.69, 9.17) is 17.0 Å². The number of nitrogens with one attached hydrogen (secondary N) is 1. The van der Waals surface area contributed by atoms with Crippen LogP contribution in [0.1, 0.15) is 25.8 Å². The van der Waals surface area contributed by atoms with Crippen LogP contribution in [0, 0.1) is 0 Å².